The lowest BCUT2D eigenvalue weighted by Crippen LogP contribution is -2.24. The van der Waals surface area contributed by atoms with Crippen molar-refractivity contribution in [2.45, 2.75) is 17.9 Å². The van der Waals surface area contributed by atoms with Crippen molar-refractivity contribution in [2.75, 3.05) is 10.0 Å². The van der Waals surface area contributed by atoms with Crippen molar-refractivity contribution in [1.29, 1.82) is 0 Å². The Bertz CT molecular complexity index is 986. The van der Waals surface area contributed by atoms with Crippen molar-refractivity contribution in [3.8, 4) is 0 Å². The average molecular weight is 370 g/mol. The standard InChI is InChI=1S/C18H18N4O3S/c1-14(22-12-6-11-19-22)18(23)20-15-7-5-8-16(13-15)21-26(24,25)17-9-3-2-4-10-17/h2-14,21H,1H3,(H,20,23)/t14-/m0/s1. The highest BCUT2D eigenvalue weighted by Crippen LogP contribution is 2.20. The van der Waals surface area contributed by atoms with E-state index in [1.807, 2.05) is 0 Å². The number of hydrogen-bond acceptors (Lipinski definition) is 4. The smallest absolute Gasteiger partial charge is 0.261 e. The summed E-state index contributed by atoms with van der Waals surface area (Å²) in [4.78, 5) is 12.5. The van der Waals surface area contributed by atoms with Gasteiger partial charge in [-0.2, -0.15) is 5.10 Å². The number of aromatic nitrogens is 2. The van der Waals surface area contributed by atoms with Crippen LogP contribution >= 0.6 is 0 Å². The van der Waals surface area contributed by atoms with E-state index in [1.54, 1.807) is 67.8 Å². The first-order valence-electron chi connectivity index (χ1n) is 7.94. The van der Waals surface area contributed by atoms with Crippen LogP contribution < -0.4 is 10.0 Å². The Balaban J connectivity index is 1.73. The highest BCUT2D eigenvalue weighted by molar-refractivity contribution is 7.92. The second-order valence-electron chi connectivity index (χ2n) is 5.65. The van der Waals surface area contributed by atoms with Crippen LogP contribution in [-0.4, -0.2) is 24.1 Å². The van der Waals surface area contributed by atoms with E-state index in [1.165, 1.54) is 16.8 Å². The first-order chi connectivity index (χ1) is 12.5. The Morgan fingerprint density at radius 3 is 2.46 bits per heavy atom. The number of benzene rings is 2. The van der Waals surface area contributed by atoms with E-state index in [0.717, 1.165) is 0 Å². The second-order valence-corrected chi connectivity index (χ2v) is 7.33. The molecule has 8 heteroatoms. The lowest BCUT2D eigenvalue weighted by Gasteiger charge is -2.14. The number of amides is 1. The lowest BCUT2D eigenvalue weighted by atomic mass is 10.2. The minimum atomic E-state index is -3.69. The van der Waals surface area contributed by atoms with Gasteiger partial charge in [0.05, 0.1) is 10.6 Å². The van der Waals surface area contributed by atoms with Crippen molar-refractivity contribution >= 4 is 27.3 Å². The SMILES string of the molecule is C[C@@H](C(=O)Nc1cccc(NS(=O)(=O)c2ccccc2)c1)n1cccn1. The summed E-state index contributed by atoms with van der Waals surface area (Å²) in [6, 6.07) is 15.9. The molecule has 0 radical (unpaired) electrons. The number of nitrogens with one attached hydrogen (secondary N) is 2. The Morgan fingerprint density at radius 1 is 1.04 bits per heavy atom. The Labute approximate surface area is 151 Å². The molecule has 2 aromatic carbocycles. The van der Waals surface area contributed by atoms with Gasteiger partial charge in [0.15, 0.2) is 0 Å². The van der Waals surface area contributed by atoms with E-state index in [4.69, 9.17) is 0 Å². The molecular formula is C18H18N4O3S. The van der Waals surface area contributed by atoms with Crippen LogP contribution in [0.1, 0.15) is 13.0 Å². The van der Waals surface area contributed by atoms with Crippen LogP contribution in [-0.2, 0) is 14.8 Å². The van der Waals surface area contributed by atoms with Gasteiger partial charge in [-0.1, -0.05) is 24.3 Å². The van der Waals surface area contributed by atoms with E-state index < -0.39 is 16.1 Å². The molecule has 3 aromatic rings. The Kier molecular flexibility index (Phi) is 5.04. The molecule has 26 heavy (non-hydrogen) atoms. The molecule has 0 spiro atoms. The van der Waals surface area contributed by atoms with E-state index >= 15 is 0 Å². The van der Waals surface area contributed by atoms with Gasteiger partial charge >= 0.3 is 0 Å². The largest absolute Gasteiger partial charge is 0.324 e. The molecule has 134 valence electrons. The van der Waals surface area contributed by atoms with Gasteiger partial charge < -0.3 is 5.32 Å². The number of anilines is 2. The molecule has 0 aliphatic rings. The molecule has 0 saturated carbocycles. The van der Waals surface area contributed by atoms with Crippen molar-refractivity contribution in [2.24, 2.45) is 0 Å². The van der Waals surface area contributed by atoms with E-state index in [2.05, 4.69) is 15.1 Å². The maximum Gasteiger partial charge on any atom is 0.261 e. The molecule has 1 aromatic heterocycles. The fraction of sp³-hybridized carbons (Fsp3) is 0.111. The van der Waals surface area contributed by atoms with Gasteiger partial charge in [0.25, 0.3) is 10.0 Å². The van der Waals surface area contributed by atoms with Gasteiger partial charge in [0, 0.05) is 18.1 Å². The van der Waals surface area contributed by atoms with E-state index in [0.29, 0.717) is 11.4 Å². The average Bonchev–Trinajstić information content (AvgIpc) is 3.16. The monoisotopic (exact) mass is 370 g/mol. The molecule has 7 nitrogen and oxygen atoms in total. The molecule has 0 aliphatic heterocycles. The molecule has 3 rings (SSSR count). The number of nitrogens with zero attached hydrogens (tertiary/aromatic N) is 2. The summed E-state index contributed by atoms with van der Waals surface area (Å²) >= 11 is 0. The summed E-state index contributed by atoms with van der Waals surface area (Å²) in [6.07, 6.45) is 3.30. The number of carbonyl (C=O) groups is 1. The fourth-order valence-corrected chi connectivity index (χ4v) is 3.42. The normalized spacial score (nSPS) is 12.3. The summed E-state index contributed by atoms with van der Waals surface area (Å²) in [5.41, 5.74) is 0.848. The quantitative estimate of drug-likeness (QED) is 0.698. The molecule has 0 saturated heterocycles. The van der Waals surface area contributed by atoms with Gasteiger partial charge in [-0.15, -0.1) is 0 Å². The summed E-state index contributed by atoms with van der Waals surface area (Å²) in [5, 5.41) is 6.80. The zero-order valence-corrected chi connectivity index (χ0v) is 14.8. The third kappa shape index (κ3) is 4.09. The van der Waals surface area contributed by atoms with Crippen LogP contribution in [0.25, 0.3) is 0 Å². The summed E-state index contributed by atoms with van der Waals surface area (Å²) in [7, 11) is -3.69. The lowest BCUT2D eigenvalue weighted by molar-refractivity contribution is -0.119. The van der Waals surface area contributed by atoms with Crippen LogP contribution in [0.2, 0.25) is 0 Å². The third-order valence-electron chi connectivity index (χ3n) is 3.74. The Morgan fingerprint density at radius 2 is 1.77 bits per heavy atom. The molecule has 2 N–H and O–H groups in total. The fourth-order valence-electron chi connectivity index (χ4n) is 2.35. The van der Waals surface area contributed by atoms with Gasteiger partial charge in [0.2, 0.25) is 5.91 Å². The van der Waals surface area contributed by atoms with E-state index in [-0.39, 0.29) is 10.8 Å². The molecule has 1 heterocycles. The molecular weight excluding hydrogens is 352 g/mol. The van der Waals surface area contributed by atoms with Crippen molar-refractivity contribution in [3.05, 3.63) is 73.1 Å². The number of hydrogen-bond donors (Lipinski definition) is 2. The van der Waals surface area contributed by atoms with Crippen LogP contribution in [0.15, 0.2) is 78.0 Å². The number of carbonyl (C=O) groups excluding carboxylic acids is 1. The third-order valence-corrected chi connectivity index (χ3v) is 5.13. The van der Waals surface area contributed by atoms with Crippen molar-refractivity contribution in [1.82, 2.24) is 9.78 Å². The zero-order valence-electron chi connectivity index (χ0n) is 14.0. The predicted molar refractivity (Wildman–Crippen MR) is 99.3 cm³/mol. The summed E-state index contributed by atoms with van der Waals surface area (Å²) < 4.78 is 28.8. The summed E-state index contributed by atoms with van der Waals surface area (Å²) in [6.45, 7) is 1.73. The predicted octanol–water partition coefficient (Wildman–Crippen LogP) is 2.88. The van der Waals surface area contributed by atoms with Crippen LogP contribution in [0.5, 0.6) is 0 Å². The van der Waals surface area contributed by atoms with Crippen LogP contribution in [0.4, 0.5) is 11.4 Å². The topological polar surface area (TPSA) is 93.1 Å². The first-order valence-corrected chi connectivity index (χ1v) is 9.42. The molecule has 1 atom stereocenters. The van der Waals surface area contributed by atoms with Gasteiger partial charge in [-0.25, -0.2) is 8.42 Å². The van der Waals surface area contributed by atoms with Crippen LogP contribution in [0.3, 0.4) is 0 Å². The molecule has 0 aliphatic carbocycles. The maximum absolute atomic E-state index is 12.4. The van der Waals surface area contributed by atoms with Crippen LogP contribution in [0, 0.1) is 0 Å². The second kappa shape index (κ2) is 7.40. The van der Waals surface area contributed by atoms with Gasteiger partial charge in [0.1, 0.15) is 6.04 Å². The minimum Gasteiger partial charge on any atom is -0.324 e. The van der Waals surface area contributed by atoms with Gasteiger partial charge in [-0.3, -0.25) is 14.2 Å². The highest BCUT2D eigenvalue weighted by atomic mass is 32.2. The highest BCUT2D eigenvalue weighted by Gasteiger charge is 2.16. The molecule has 1 amide bonds. The zero-order chi connectivity index (χ0) is 18.6. The minimum absolute atomic E-state index is 0.168. The maximum atomic E-state index is 12.4. The number of sulfonamides is 1. The molecule has 0 bridgehead atoms. The number of rotatable bonds is 6. The van der Waals surface area contributed by atoms with Gasteiger partial charge in [-0.05, 0) is 43.3 Å². The molecule has 0 fully saturated rings. The first kappa shape index (κ1) is 17.7. The molecule has 0 unspecified atom stereocenters. The van der Waals surface area contributed by atoms with E-state index in [9.17, 15) is 13.2 Å². The summed E-state index contributed by atoms with van der Waals surface area (Å²) in [5.74, 6) is -0.253. The Hall–Kier alpha value is -3.13. The van der Waals surface area contributed by atoms with Crippen molar-refractivity contribution in [3.63, 3.8) is 0 Å². The van der Waals surface area contributed by atoms with Crippen molar-refractivity contribution < 1.29 is 13.2 Å².